The van der Waals surface area contributed by atoms with Crippen LogP contribution in [0.2, 0.25) is 5.02 Å². The van der Waals surface area contributed by atoms with Crippen molar-refractivity contribution in [2.75, 3.05) is 11.9 Å². The fourth-order valence-electron chi connectivity index (χ4n) is 3.92. The van der Waals surface area contributed by atoms with Crippen molar-refractivity contribution in [3.63, 3.8) is 0 Å². The molecule has 0 saturated heterocycles. The molecule has 0 bridgehead atoms. The van der Waals surface area contributed by atoms with Crippen LogP contribution in [0.25, 0.3) is 22.5 Å². The predicted octanol–water partition coefficient (Wildman–Crippen LogP) is 6.97. The molecule has 1 aliphatic rings. The molecule has 3 aromatic carbocycles. The normalized spacial score (nSPS) is 12.9. The summed E-state index contributed by atoms with van der Waals surface area (Å²) in [4.78, 5) is 25.2. The van der Waals surface area contributed by atoms with Crippen molar-refractivity contribution in [1.29, 1.82) is 0 Å². The number of benzene rings is 3. The highest BCUT2D eigenvalue weighted by Gasteiger charge is 2.22. The minimum atomic E-state index is -0.337. The number of hydrogen-bond donors (Lipinski definition) is 2. The van der Waals surface area contributed by atoms with Gasteiger partial charge in [0.25, 0.3) is 11.8 Å². The second-order valence-electron chi connectivity index (χ2n) is 8.89. The van der Waals surface area contributed by atoms with E-state index in [0.717, 1.165) is 28.8 Å². The number of anilines is 1. The molecule has 2 N–H and O–H groups in total. The van der Waals surface area contributed by atoms with Gasteiger partial charge in [0.15, 0.2) is 5.76 Å². The fraction of sp³-hybridized carbons (Fsp3) is 0.172. The molecule has 0 radical (unpaired) electrons. The molecule has 0 spiro atoms. The van der Waals surface area contributed by atoms with Crippen LogP contribution in [0.15, 0.2) is 83.3 Å². The Balaban J connectivity index is 1.29. The van der Waals surface area contributed by atoms with Gasteiger partial charge in [-0.15, -0.1) is 0 Å². The number of carbonyl (C=O) groups is 2. The van der Waals surface area contributed by atoms with Gasteiger partial charge in [-0.05, 0) is 90.9 Å². The number of amides is 2. The minimum Gasteiger partial charge on any atom is -0.451 e. The molecule has 0 aliphatic heterocycles. The Morgan fingerprint density at radius 3 is 2.46 bits per heavy atom. The topological polar surface area (TPSA) is 71.3 Å². The van der Waals surface area contributed by atoms with E-state index >= 15 is 0 Å². The molecule has 5 nitrogen and oxygen atoms in total. The molecule has 5 rings (SSSR count). The highest BCUT2D eigenvalue weighted by atomic mass is 35.5. The molecule has 6 heteroatoms. The summed E-state index contributed by atoms with van der Waals surface area (Å²) in [6.07, 6.45) is 2.41. The molecule has 1 fully saturated rings. The second-order valence-corrected chi connectivity index (χ2v) is 9.33. The second kappa shape index (κ2) is 9.80. The van der Waals surface area contributed by atoms with Crippen molar-refractivity contribution >= 4 is 29.1 Å². The van der Waals surface area contributed by atoms with Crippen molar-refractivity contribution in [2.45, 2.75) is 19.8 Å². The van der Waals surface area contributed by atoms with Crippen LogP contribution in [0, 0.1) is 12.8 Å². The van der Waals surface area contributed by atoms with Crippen LogP contribution in [0.5, 0.6) is 0 Å². The van der Waals surface area contributed by atoms with Gasteiger partial charge in [0, 0.05) is 28.4 Å². The summed E-state index contributed by atoms with van der Waals surface area (Å²) in [5.41, 5.74) is 5.12. The third-order valence-electron chi connectivity index (χ3n) is 6.14. The number of hydrogen-bond acceptors (Lipinski definition) is 3. The maximum absolute atomic E-state index is 12.8. The average molecular weight is 485 g/mol. The Bertz CT molecular complexity index is 1390. The zero-order chi connectivity index (χ0) is 24.4. The van der Waals surface area contributed by atoms with Crippen molar-refractivity contribution in [3.05, 3.63) is 101 Å². The zero-order valence-electron chi connectivity index (χ0n) is 19.3. The lowest BCUT2D eigenvalue weighted by atomic mass is 9.98. The first-order valence-corrected chi connectivity index (χ1v) is 12.0. The molecular weight excluding hydrogens is 460 g/mol. The lowest BCUT2D eigenvalue weighted by Crippen LogP contribution is -2.25. The molecule has 35 heavy (non-hydrogen) atoms. The number of furan rings is 1. The van der Waals surface area contributed by atoms with E-state index in [1.807, 2.05) is 61.5 Å². The van der Waals surface area contributed by atoms with Crippen LogP contribution >= 0.6 is 11.6 Å². The third kappa shape index (κ3) is 5.47. The number of carbonyl (C=O) groups excluding carboxylic acids is 2. The number of aryl methyl sites for hydroxylation is 1. The van der Waals surface area contributed by atoms with Crippen molar-refractivity contribution in [1.82, 2.24) is 5.32 Å². The Morgan fingerprint density at radius 1 is 0.914 bits per heavy atom. The van der Waals surface area contributed by atoms with Gasteiger partial charge in [-0.2, -0.15) is 0 Å². The number of halogens is 1. The van der Waals surface area contributed by atoms with E-state index in [1.165, 1.54) is 12.8 Å². The van der Waals surface area contributed by atoms with Crippen molar-refractivity contribution in [3.8, 4) is 22.5 Å². The zero-order valence-corrected chi connectivity index (χ0v) is 20.1. The maximum atomic E-state index is 12.8. The number of rotatable bonds is 7. The minimum absolute atomic E-state index is 0.0447. The molecule has 176 valence electrons. The average Bonchev–Trinajstić information content (AvgIpc) is 3.56. The quantitative estimate of drug-likeness (QED) is 0.297. The standard InChI is InChI=1S/C29H25ClN2O3/c1-18-5-12-24(32-29(34)27-14-13-26(35-27)22-3-2-4-23(30)15-22)16-25(18)20-8-10-21(11-9-20)28(33)31-17-19-6-7-19/h2-5,8-16,19H,6-7,17H2,1H3,(H,31,33)(H,32,34). The van der Waals surface area contributed by atoms with Gasteiger partial charge in [-0.1, -0.05) is 41.9 Å². The maximum Gasteiger partial charge on any atom is 0.291 e. The molecule has 2 amide bonds. The molecule has 1 aromatic heterocycles. The van der Waals surface area contributed by atoms with Crippen LogP contribution in [0.1, 0.15) is 39.3 Å². The van der Waals surface area contributed by atoms with Crippen LogP contribution in [-0.2, 0) is 0 Å². The summed E-state index contributed by atoms with van der Waals surface area (Å²) in [6, 6.07) is 24.0. The SMILES string of the molecule is Cc1ccc(NC(=O)c2ccc(-c3cccc(Cl)c3)o2)cc1-c1ccc(C(=O)NCC2CC2)cc1. The summed E-state index contributed by atoms with van der Waals surface area (Å²) >= 11 is 6.06. The third-order valence-corrected chi connectivity index (χ3v) is 6.38. The van der Waals surface area contributed by atoms with Crippen LogP contribution in [0.3, 0.4) is 0 Å². The van der Waals surface area contributed by atoms with E-state index in [4.69, 9.17) is 16.0 Å². The Labute approximate surface area is 209 Å². The van der Waals surface area contributed by atoms with E-state index < -0.39 is 0 Å². The Hall–Kier alpha value is -3.83. The Morgan fingerprint density at radius 2 is 1.71 bits per heavy atom. The molecule has 0 unspecified atom stereocenters. The van der Waals surface area contributed by atoms with Gasteiger partial charge in [0.05, 0.1) is 0 Å². The van der Waals surface area contributed by atoms with Gasteiger partial charge in [-0.25, -0.2) is 0 Å². The van der Waals surface area contributed by atoms with E-state index in [1.54, 1.807) is 24.3 Å². The molecular formula is C29H25ClN2O3. The predicted molar refractivity (Wildman–Crippen MR) is 139 cm³/mol. The molecule has 1 heterocycles. The first-order valence-electron chi connectivity index (χ1n) is 11.6. The van der Waals surface area contributed by atoms with Crippen LogP contribution in [-0.4, -0.2) is 18.4 Å². The highest BCUT2D eigenvalue weighted by molar-refractivity contribution is 6.30. The van der Waals surface area contributed by atoms with E-state index in [0.29, 0.717) is 28.0 Å². The van der Waals surface area contributed by atoms with Crippen molar-refractivity contribution in [2.24, 2.45) is 5.92 Å². The van der Waals surface area contributed by atoms with Gasteiger partial charge < -0.3 is 15.1 Å². The smallest absolute Gasteiger partial charge is 0.291 e. The van der Waals surface area contributed by atoms with Gasteiger partial charge in [0.1, 0.15) is 5.76 Å². The molecule has 1 saturated carbocycles. The van der Waals surface area contributed by atoms with Crippen LogP contribution < -0.4 is 10.6 Å². The monoisotopic (exact) mass is 484 g/mol. The van der Waals surface area contributed by atoms with Gasteiger partial charge in [0.2, 0.25) is 0 Å². The van der Waals surface area contributed by atoms with Crippen molar-refractivity contribution < 1.29 is 14.0 Å². The first kappa shape index (κ1) is 22.9. The van der Waals surface area contributed by atoms with Gasteiger partial charge in [-0.3, -0.25) is 9.59 Å². The molecule has 0 atom stereocenters. The lowest BCUT2D eigenvalue weighted by Gasteiger charge is -2.11. The molecule has 4 aromatic rings. The van der Waals surface area contributed by atoms with Gasteiger partial charge >= 0.3 is 0 Å². The van der Waals surface area contributed by atoms with E-state index in [-0.39, 0.29) is 17.6 Å². The van der Waals surface area contributed by atoms with E-state index in [9.17, 15) is 9.59 Å². The Kier molecular flexibility index (Phi) is 6.43. The summed E-state index contributed by atoms with van der Waals surface area (Å²) in [5, 5.41) is 6.50. The van der Waals surface area contributed by atoms with E-state index in [2.05, 4.69) is 10.6 Å². The van der Waals surface area contributed by atoms with Crippen LogP contribution in [0.4, 0.5) is 5.69 Å². The highest BCUT2D eigenvalue weighted by Crippen LogP contribution is 2.29. The number of nitrogens with one attached hydrogen (secondary N) is 2. The summed E-state index contributed by atoms with van der Waals surface area (Å²) < 4.78 is 5.76. The lowest BCUT2D eigenvalue weighted by molar-refractivity contribution is 0.0950. The summed E-state index contributed by atoms with van der Waals surface area (Å²) in [5.74, 6) is 1.04. The fourth-order valence-corrected chi connectivity index (χ4v) is 4.11. The summed E-state index contributed by atoms with van der Waals surface area (Å²) in [7, 11) is 0. The summed E-state index contributed by atoms with van der Waals surface area (Å²) in [6.45, 7) is 2.76. The first-order chi connectivity index (χ1) is 17.0. The molecule has 1 aliphatic carbocycles. The largest absolute Gasteiger partial charge is 0.451 e.